The molecule has 1 aliphatic heterocycles. The van der Waals surface area contributed by atoms with Crippen LogP contribution in [-0.2, 0) is 14.6 Å². The van der Waals surface area contributed by atoms with E-state index in [1.54, 1.807) is 0 Å². The maximum atomic E-state index is 12.7. The molecule has 0 saturated carbocycles. The van der Waals surface area contributed by atoms with Gasteiger partial charge in [-0.15, -0.1) is 0 Å². The average Bonchev–Trinajstić information content (AvgIpc) is 2.73. The molecule has 0 aromatic heterocycles. The van der Waals surface area contributed by atoms with Crippen molar-refractivity contribution in [1.82, 2.24) is 0 Å². The number of hydrogen-bond acceptors (Lipinski definition) is 5. The molecule has 1 aromatic carbocycles. The fraction of sp³-hybridized carbons (Fsp3) is 0.364. The number of rotatable bonds is 4. The molecule has 1 aromatic rings. The Bertz CT molecular complexity index is 554. The monoisotopic (exact) mass is 272 g/mol. The van der Waals surface area contributed by atoms with Gasteiger partial charge in [0, 0.05) is 0 Å². The van der Waals surface area contributed by atoms with Crippen molar-refractivity contribution in [3.63, 3.8) is 0 Å². The quantitative estimate of drug-likeness (QED) is 0.818. The molecule has 1 atom stereocenters. The van der Waals surface area contributed by atoms with Crippen molar-refractivity contribution >= 4 is 15.9 Å². The lowest BCUT2D eigenvalue weighted by Crippen LogP contribution is -2.15. The van der Waals surface area contributed by atoms with Crippen LogP contribution in [0.3, 0.4) is 0 Å². The lowest BCUT2D eigenvalue weighted by Gasteiger charge is -2.06. The van der Waals surface area contributed by atoms with Gasteiger partial charge in [-0.2, -0.15) is 0 Å². The smallest absolute Gasteiger partial charge is 0.282 e. The standard InChI is InChI=1S/C11H13FN2O3S/c12-8-1-3-10(4-2-8)18(15,16)6-5-9-7-17-11(13)14-9/h1-4,9H,5-7H2,(H2,13,14)/t9-/m0/s1. The second kappa shape index (κ2) is 4.93. The zero-order chi connectivity index (χ0) is 13.2. The van der Waals surface area contributed by atoms with E-state index in [0.717, 1.165) is 12.1 Å². The highest BCUT2D eigenvalue weighted by atomic mass is 32.2. The van der Waals surface area contributed by atoms with Gasteiger partial charge in [-0.05, 0) is 30.7 Å². The van der Waals surface area contributed by atoms with E-state index in [1.807, 2.05) is 0 Å². The topological polar surface area (TPSA) is 81.8 Å². The summed E-state index contributed by atoms with van der Waals surface area (Å²) in [4.78, 5) is 4.06. The number of sulfone groups is 1. The first-order valence-corrected chi connectivity index (χ1v) is 7.07. The Morgan fingerprint density at radius 3 is 2.61 bits per heavy atom. The molecular weight excluding hydrogens is 259 g/mol. The van der Waals surface area contributed by atoms with Gasteiger partial charge in [0.15, 0.2) is 9.84 Å². The van der Waals surface area contributed by atoms with Gasteiger partial charge < -0.3 is 10.5 Å². The highest BCUT2D eigenvalue weighted by Gasteiger charge is 2.21. The third-order valence-corrected chi connectivity index (χ3v) is 4.39. The number of nitrogens with two attached hydrogens (primary N) is 1. The van der Waals surface area contributed by atoms with Crippen LogP contribution in [0.15, 0.2) is 34.2 Å². The molecular formula is C11H13FN2O3S. The highest BCUT2D eigenvalue weighted by Crippen LogP contribution is 2.15. The Balaban J connectivity index is 2.01. The van der Waals surface area contributed by atoms with Gasteiger partial charge >= 0.3 is 0 Å². The minimum absolute atomic E-state index is 0.0660. The molecule has 0 amide bonds. The molecule has 7 heteroatoms. The SMILES string of the molecule is NC1=N[C@@H](CCS(=O)(=O)c2ccc(F)cc2)CO1. The summed E-state index contributed by atoms with van der Waals surface area (Å²) in [7, 11) is -3.41. The molecule has 2 N–H and O–H groups in total. The molecule has 98 valence electrons. The molecule has 0 bridgehead atoms. The summed E-state index contributed by atoms with van der Waals surface area (Å²) in [6, 6.07) is 4.64. The second-order valence-corrected chi connectivity index (χ2v) is 6.10. The lowest BCUT2D eigenvalue weighted by atomic mass is 10.3. The second-order valence-electron chi connectivity index (χ2n) is 3.99. The van der Waals surface area contributed by atoms with Crippen molar-refractivity contribution in [3.8, 4) is 0 Å². The third kappa shape index (κ3) is 2.98. The molecule has 0 unspecified atom stereocenters. The summed E-state index contributed by atoms with van der Waals surface area (Å²) in [5, 5.41) is 0. The predicted octanol–water partition coefficient (Wildman–Crippen LogP) is 0.703. The Kier molecular flexibility index (Phi) is 3.51. The molecule has 0 radical (unpaired) electrons. The maximum absolute atomic E-state index is 12.7. The number of benzene rings is 1. The van der Waals surface area contributed by atoms with Crippen molar-refractivity contribution in [1.29, 1.82) is 0 Å². The summed E-state index contributed by atoms with van der Waals surface area (Å²) in [5.74, 6) is -0.529. The molecule has 1 heterocycles. The number of nitrogens with zero attached hydrogens (tertiary/aromatic N) is 1. The Morgan fingerprint density at radius 2 is 2.06 bits per heavy atom. The molecule has 0 saturated heterocycles. The van der Waals surface area contributed by atoms with Crippen LogP contribution in [-0.4, -0.2) is 32.8 Å². The lowest BCUT2D eigenvalue weighted by molar-refractivity contribution is 0.311. The van der Waals surface area contributed by atoms with Crippen LogP contribution in [0.4, 0.5) is 4.39 Å². The van der Waals surface area contributed by atoms with Crippen LogP contribution >= 0.6 is 0 Å². The molecule has 1 aliphatic rings. The first kappa shape index (κ1) is 12.8. The van der Waals surface area contributed by atoms with Gasteiger partial charge in [-0.1, -0.05) is 0 Å². The van der Waals surface area contributed by atoms with Crippen molar-refractivity contribution in [2.75, 3.05) is 12.4 Å². The summed E-state index contributed by atoms with van der Waals surface area (Å²) >= 11 is 0. The van der Waals surface area contributed by atoms with Crippen LogP contribution in [0, 0.1) is 5.82 Å². The Morgan fingerprint density at radius 1 is 1.39 bits per heavy atom. The van der Waals surface area contributed by atoms with E-state index >= 15 is 0 Å². The van der Waals surface area contributed by atoms with Crippen LogP contribution in [0.2, 0.25) is 0 Å². The van der Waals surface area contributed by atoms with E-state index in [9.17, 15) is 12.8 Å². The van der Waals surface area contributed by atoms with Gasteiger partial charge in [0.05, 0.1) is 16.7 Å². The van der Waals surface area contributed by atoms with Crippen molar-refractivity contribution in [2.45, 2.75) is 17.4 Å². The average molecular weight is 272 g/mol. The zero-order valence-corrected chi connectivity index (χ0v) is 10.4. The Labute approximate surface area is 104 Å². The number of ether oxygens (including phenoxy) is 1. The summed E-state index contributed by atoms with van der Waals surface area (Å²) in [6.07, 6.45) is 0.334. The number of amidine groups is 1. The maximum Gasteiger partial charge on any atom is 0.282 e. The minimum atomic E-state index is -3.41. The van der Waals surface area contributed by atoms with Crippen molar-refractivity contribution in [3.05, 3.63) is 30.1 Å². The fourth-order valence-corrected chi connectivity index (χ4v) is 3.00. The molecule has 0 fully saturated rings. The largest absolute Gasteiger partial charge is 0.463 e. The minimum Gasteiger partial charge on any atom is -0.463 e. The van der Waals surface area contributed by atoms with E-state index in [4.69, 9.17) is 10.5 Å². The van der Waals surface area contributed by atoms with Gasteiger partial charge in [0.25, 0.3) is 6.02 Å². The summed E-state index contributed by atoms with van der Waals surface area (Å²) < 4.78 is 41.5. The molecule has 5 nitrogen and oxygen atoms in total. The number of aliphatic imine (C=N–C) groups is 1. The van der Waals surface area contributed by atoms with Gasteiger partial charge in [0.2, 0.25) is 0 Å². The third-order valence-electron chi connectivity index (χ3n) is 2.63. The number of hydrogen-bond donors (Lipinski definition) is 1. The number of halogens is 1. The van der Waals surface area contributed by atoms with E-state index in [1.165, 1.54) is 12.1 Å². The van der Waals surface area contributed by atoms with E-state index < -0.39 is 15.7 Å². The Hall–Kier alpha value is -1.63. The summed E-state index contributed by atoms with van der Waals surface area (Å²) in [6.45, 7) is 0.310. The predicted molar refractivity (Wildman–Crippen MR) is 64.4 cm³/mol. The van der Waals surface area contributed by atoms with E-state index in [0.29, 0.717) is 13.0 Å². The van der Waals surface area contributed by atoms with Crippen LogP contribution < -0.4 is 5.73 Å². The zero-order valence-electron chi connectivity index (χ0n) is 9.54. The first-order chi connectivity index (χ1) is 8.47. The highest BCUT2D eigenvalue weighted by molar-refractivity contribution is 7.91. The van der Waals surface area contributed by atoms with Gasteiger partial charge in [-0.25, -0.2) is 17.8 Å². The normalized spacial score (nSPS) is 19.4. The first-order valence-electron chi connectivity index (χ1n) is 5.42. The van der Waals surface area contributed by atoms with Crippen molar-refractivity contribution < 1.29 is 17.5 Å². The van der Waals surface area contributed by atoms with Crippen LogP contribution in [0.5, 0.6) is 0 Å². The van der Waals surface area contributed by atoms with Crippen LogP contribution in [0.25, 0.3) is 0 Å². The summed E-state index contributed by atoms with van der Waals surface area (Å²) in [5.41, 5.74) is 5.33. The molecule has 18 heavy (non-hydrogen) atoms. The molecule has 0 aliphatic carbocycles. The van der Waals surface area contributed by atoms with Gasteiger partial charge in [-0.3, -0.25) is 0 Å². The fourth-order valence-electron chi connectivity index (χ4n) is 1.63. The van der Waals surface area contributed by atoms with Crippen LogP contribution in [0.1, 0.15) is 6.42 Å². The van der Waals surface area contributed by atoms with Gasteiger partial charge in [0.1, 0.15) is 12.4 Å². The molecule has 0 spiro atoms. The van der Waals surface area contributed by atoms with E-state index in [-0.39, 0.29) is 22.7 Å². The molecule has 2 rings (SSSR count). The van der Waals surface area contributed by atoms with E-state index in [2.05, 4.69) is 4.99 Å². The van der Waals surface area contributed by atoms with Crippen molar-refractivity contribution in [2.24, 2.45) is 10.7 Å².